The minimum Gasteiger partial charge on any atom is -0.386 e. The first-order valence-electron chi connectivity index (χ1n) is 6.69. The molecule has 2 fully saturated rings. The van der Waals surface area contributed by atoms with Crippen molar-refractivity contribution < 1.29 is 24.1 Å². The third-order valence-corrected chi connectivity index (χ3v) is 3.27. The molecule has 0 aromatic carbocycles. The van der Waals surface area contributed by atoms with E-state index in [0.717, 1.165) is 12.8 Å². The maximum atomic E-state index is 10.1. The van der Waals surface area contributed by atoms with Crippen LogP contribution in [0, 0.1) is 11.3 Å². The SMILES string of the molecule is CCCCOC1C2OC(C)(C)O[C@@H]2OC(C#N)[C@H]1O. The van der Waals surface area contributed by atoms with Crippen LogP contribution in [-0.2, 0) is 18.9 Å². The number of nitrogens with zero attached hydrogens (tertiary/aromatic N) is 1. The lowest BCUT2D eigenvalue weighted by Crippen LogP contribution is -2.57. The smallest absolute Gasteiger partial charge is 0.191 e. The molecule has 0 aromatic rings. The monoisotopic (exact) mass is 271 g/mol. The van der Waals surface area contributed by atoms with Gasteiger partial charge >= 0.3 is 0 Å². The van der Waals surface area contributed by atoms with Crippen molar-refractivity contribution in [1.82, 2.24) is 0 Å². The van der Waals surface area contributed by atoms with E-state index in [1.807, 2.05) is 6.07 Å². The second kappa shape index (κ2) is 5.73. The Labute approximate surface area is 113 Å². The van der Waals surface area contributed by atoms with Gasteiger partial charge in [-0.15, -0.1) is 0 Å². The Balaban J connectivity index is 2.09. The molecule has 0 radical (unpaired) electrons. The fourth-order valence-electron chi connectivity index (χ4n) is 2.34. The highest BCUT2D eigenvalue weighted by atomic mass is 16.8. The number of rotatable bonds is 4. The third kappa shape index (κ3) is 3.07. The topological polar surface area (TPSA) is 80.9 Å². The molecule has 0 bridgehead atoms. The minimum atomic E-state index is -1.03. The normalized spacial score (nSPS) is 40.7. The highest BCUT2D eigenvalue weighted by Gasteiger charge is 2.54. The lowest BCUT2D eigenvalue weighted by molar-refractivity contribution is -0.244. The van der Waals surface area contributed by atoms with Crippen LogP contribution in [0.3, 0.4) is 0 Å². The molecule has 19 heavy (non-hydrogen) atoms. The molecule has 0 amide bonds. The van der Waals surface area contributed by atoms with Gasteiger partial charge in [0.05, 0.1) is 6.07 Å². The molecule has 1 N–H and O–H groups in total. The standard InChI is InChI=1S/C13H21NO5/c1-4-5-6-16-10-9(15)8(7-14)17-12-11(10)18-13(2,3)19-12/h8-12,15H,4-6H2,1-3H3/t8?,9-,10?,11?,12+/m1/s1. The van der Waals surface area contributed by atoms with Gasteiger partial charge in [0.25, 0.3) is 0 Å². The van der Waals surface area contributed by atoms with Crippen LogP contribution in [0.1, 0.15) is 33.6 Å². The number of ether oxygens (including phenoxy) is 4. The Bertz CT molecular complexity index is 353. The molecule has 6 nitrogen and oxygen atoms in total. The molecular weight excluding hydrogens is 250 g/mol. The summed E-state index contributed by atoms with van der Waals surface area (Å²) in [5.74, 6) is -0.800. The molecule has 0 saturated carbocycles. The largest absolute Gasteiger partial charge is 0.386 e. The molecule has 0 aromatic heterocycles. The number of hydrogen-bond donors (Lipinski definition) is 1. The van der Waals surface area contributed by atoms with Gasteiger partial charge in [0, 0.05) is 6.61 Å². The number of nitriles is 1. The van der Waals surface area contributed by atoms with E-state index in [0.29, 0.717) is 6.61 Å². The van der Waals surface area contributed by atoms with Crippen molar-refractivity contribution in [2.75, 3.05) is 6.61 Å². The van der Waals surface area contributed by atoms with E-state index in [1.165, 1.54) is 0 Å². The van der Waals surface area contributed by atoms with E-state index in [1.54, 1.807) is 13.8 Å². The first-order valence-corrected chi connectivity index (χ1v) is 6.69. The zero-order valence-electron chi connectivity index (χ0n) is 11.5. The lowest BCUT2D eigenvalue weighted by atomic mass is 9.99. The van der Waals surface area contributed by atoms with E-state index < -0.39 is 36.5 Å². The lowest BCUT2D eigenvalue weighted by Gasteiger charge is -2.37. The van der Waals surface area contributed by atoms with Crippen LogP contribution in [0.25, 0.3) is 0 Å². The Morgan fingerprint density at radius 1 is 1.37 bits per heavy atom. The molecule has 5 atom stereocenters. The van der Waals surface area contributed by atoms with Gasteiger partial charge in [0.15, 0.2) is 18.2 Å². The highest BCUT2D eigenvalue weighted by molar-refractivity contribution is 5.02. The fourth-order valence-corrected chi connectivity index (χ4v) is 2.34. The minimum absolute atomic E-state index is 0.508. The van der Waals surface area contributed by atoms with Crippen molar-refractivity contribution >= 4 is 0 Å². The van der Waals surface area contributed by atoms with Crippen molar-refractivity contribution in [1.29, 1.82) is 5.26 Å². The van der Waals surface area contributed by atoms with Crippen molar-refractivity contribution in [2.24, 2.45) is 0 Å². The second-order valence-electron chi connectivity index (χ2n) is 5.33. The van der Waals surface area contributed by atoms with Crippen molar-refractivity contribution in [2.45, 2.75) is 70.1 Å². The average molecular weight is 271 g/mol. The van der Waals surface area contributed by atoms with Crippen LogP contribution in [0.5, 0.6) is 0 Å². The highest BCUT2D eigenvalue weighted by Crippen LogP contribution is 2.37. The predicted molar refractivity (Wildman–Crippen MR) is 65.0 cm³/mol. The van der Waals surface area contributed by atoms with Crippen molar-refractivity contribution in [3.05, 3.63) is 0 Å². The Hall–Kier alpha value is -0.710. The Morgan fingerprint density at radius 2 is 2.11 bits per heavy atom. The van der Waals surface area contributed by atoms with Crippen LogP contribution in [0.2, 0.25) is 0 Å². The van der Waals surface area contributed by atoms with Gasteiger partial charge in [0.2, 0.25) is 0 Å². The van der Waals surface area contributed by atoms with Crippen molar-refractivity contribution in [3.63, 3.8) is 0 Å². The van der Waals surface area contributed by atoms with E-state index in [4.69, 9.17) is 24.2 Å². The number of unbranched alkanes of at least 4 members (excludes halogenated alkanes) is 1. The summed E-state index contributed by atoms with van der Waals surface area (Å²) in [5, 5.41) is 19.2. The molecule has 0 aliphatic carbocycles. The van der Waals surface area contributed by atoms with Gasteiger partial charge in [-0.1, -0.05) is 13.3 Å². The fraction of sp³-hybridized carbons (Fsp3) is 0.923. The van der Waals surface area contributed by atoms with Crippen LogP contribution in [0.15, 0.2) is 0 Å². The number of aliphatic hydroxyl groups excluding tert-OH is 1. The molecule has 2 rings (SSSR count). The maximum Gasteiger partial charge on any atom is 0.191 e. The molecular formula is C13H21NO5. The van der Waals surface area contributed by atoms with Crippen LogP contribution in [-0.4, -0.2) is 48.2 Å². The molecule has 2 saturated heterocycles. The van der Waals surface area contributed by atoms with E-state index in [-0.39, 0.29) is 0 Å². The third-order valence-electron chi connectivity index (χ3n) is 3.27. The molecule has 2 heterocycles. The maximum absolute atomic E-state index is 10.1. The number of fused-ring (bicyclic) bond motifs is 1. The summed E-state index contributed by atoms with van der Waals surface area (Å²) in [6.45, 7) is 6.11. The second-order valence-corrected chi connectivity index (χ2v) is 5.33. The summed E-state index contributed by atoms with van der Waals surface area (Å²) in [4.78, 5) is 0. The molecule has 2 aliphatic heterocycles. The van der Waals surface area contributed by atoms with E-state index >= 15 is 0 Å². The van der Waals surface area contributed by atoms with Crippen molar-refractivity contribution in [3.8, 4) is 6.07 Å². The van der Waals surface area contributed by atoms with Gasteiger partial charge in [0.1, 0.15) is 18.3 Å². The average Bonchev–Trinajstić information content (AvgIpc) is 2.66. The Kier molecular flexibility index (Phi) is 4.43. The molecule has 0 spiro atoms. The summed E-state index contributed by atoms with van der Waals surface area (Å²) in [5.41, 5.74) is 0. The first kappa shape index (κ1) is 14.7. The molecule has 3 unspecified atom stereocenters. The zero-order valence-corrected chi connectivity index (χ0v) is 11.5. The van der Waals surface area contributed by atoms with Gasteiger partial charge in [-0.05, 0) is 20.3 Å². The summed E-state index contributed by atoms with van der Waals surface area (Å²) in [6.07, 6.45) is -1.87. The Morgan fingerprint density at radius 3 is 2.74 bits per heavy atom. The number of hydrogen-bond acceptors (Lipinski definition) is 6. The van der Waals surface area contributed by atoms with Gasteiger partial charge in [-0.25, -0.2) is 0 Å². The van der Waals surface area contributed by atoms with E-state index in [2.05, 4.69) is 6.92 Å². The molecule has 2 aliphatic rings. The summed E-state index contributed by atoms with van der Waals surface area (Å²) < 4.78 is 22.4. The first-order chi connectivity index (χ1) is 8.98. The predicted octanol–water partition coefficient (Wildman–Crippen LogP) is 0.933. The van der Waals surface area contributed by atoms with Crippen LogP contribution >= 0.6 is 0 Å². The summed E-state index contributed by atoms with van der Waals surface area (Å²) in [7, 11) is 0. The van der Waals surface area contributed by atoms with Gasteiger partial charge < -0.3 is 24.1 Å². The summed E-state index contributed by atoms with van der Waals surface area (Å²) >= 11 is 0. The van der Waals surface area contributed by atoms with Gasteiger partial charge in [-0.2, -0.15) is 5.26 Å². The molecule has 6 heteroatoms. The molecule has 108 valence electrons. The van der Waals surface area contributed by atoms with Crippen LogP contribution < -0.4 is 0 Å². The zero-order chi connectivity index (χ0) is 14.0. The van der Waals surface area contributed by atoms with Crippen LogP contribution in [0.4, 0.5) is 0 Å². The summed E-state index contributed by atoms with van der Waals surface area (Å²) in [6, 6.07) is 1.93. The van der Waals surface area contributed by atoms with E-state index in [9.17, 15) is 5.11 Å². The van der Waals surface area contributed by atoms with Gasteiger partial charge in [-0.3, -0.25) is 0 Å². The quantitative estimate of drug-likeness (QED) is 0.766. The number of aliphatic hydroxyl groups is 1.